The highest BCUT2D eigenvalue weighted by Gasteiger charge is 2.17. The van der Waals surface area contributed by atoms with Crippen molar-refractivity contribution in [1.82, 2.24) is 14.5 Å². The van der Waals surface area contributed by atoms with Gasteiger partial charge in [0.25, 0.3) is 0 Å². The van der Waals surface area contributed by atoms with E-state index in [4.69, 9.17) is 16.6 Å². The predicted octanol–water partition coefficient (Wildman–Crippen LogP) is 4.58. The molecule has 0 saturated carbocycles. The number of fused-ring (bicyclic) bond motifs is 1. The average molecular weight is 365 g/mol. The van der Waals surface area contributed by atoms with Gasteiger partial charge in [0.2, 0.25) is 0 Å². The molecule has 0 bridgehead atoms. The lowest BCUT2D eigenvalue weighted by molar-refractivity contribution is 0.621. The van der Waals surface area contributed by atoms with Crippen LogP contribution in [0.5, 0.6) is 0 Å². The minimum atomic E-state index is 0.163. The molecule has 0 amide bonds. The van der Waals surface area contributed by atoms with Gasteiger partial charge < -0.3 is 4.57 Å². The normalized spacial score (nSPS) is 12.7. The van der Waals surface area contributed by atoms with Crippen molar-refractivity contribution in [1.29, 1.82) is 0 Å². The number of rotatable bonds is 4. The first-order chi connectivity index (χ1) is 10.2. The maximum Gasteiger partial charge on any atom is 0.111 e. The molecule has 5 heteroatoms. The van der Waals surface area contributed by atoms with Gasteiger partial charge in [-0.05, 0) is 36.8 Å². The van der Waals surface area contributed by atoms with Crippen LogP contribution in [-0.4, -0.2) is 20.4 Å². The van der Waals surface area contributed by atoms with E-state index in [1.165, 1.54) is 0 Å². The molecule has 3 rings (SSSR count). The van der Waals surface area contributed by atoms with Crippen LogP contribution in [0.15, 0.2) is 47.2 Å². The van der Waals surface area contributed by atoms with Crippen molar-refractivity contribution in [2.75, 3.05) is 5.88 Å². The SMILES string of the molecule is CC(c1cccnc1)n1c(CCCl)nc2ccc(Br)cc21. The first kappa shape index (κ1) is 14.5. The molecule has 0 saturated heterocycles. The molecule has 1 aromatic carbocycles. The molecule has 1 unspecified atom stereocenters. The minimum absolute atomic E-state index is 0.163. The molecular weight excluding hydrogens is 350 g/mol. The second-order valence-corrected chi connectivity index (χ2v) is 6.23. The average Bonchev–Trinajstić information content (AvgIpc) is 2.85. The molecule has 0 aliphatic heterocycles. The van der Waals surface area contributed by atoms with Gasteiger partial charge in [-0.15, -0.1) is 11.6 Å². The third kappa shape index (κ3) is 2.83. The minimum Gasteiger partial charge on any atom is -0.321 e. The smallest absolute Gasteiger partial charge is 0.111 e. The van der Waals surface area contributed by atoms with Gasteiger partial charge in [0.15, 0.2) is 0 Å². The van der Waals surface area contributed by atoms with Gasteiger partial charge in [-0.2, -0.15) is 0 Å². The van der Waals surface area contributed by atoms with Gasteiger partial charge in [-0.1, -0.05) is 22.0 Å². The Morgan fingerprint density at radius 3 is 2.90 bits per heavy atom. The van der Waals surface area contributed by atoms with Gasteiger partial charge in [0, 0.05) is 29.2 Å². The largest absolute Gasteiger partial charge is 0.321 e. The number of aromatic nitrogens is 3. The van der Waals surface area contributed by atoms with Crippen LogP contribution in [0.4, 0.5) is 0 Å². The highest BCUT2D eigenvalue weighted by Crippen LogP contribution is 2.28. The molecule has 3 nitrogen and oxygen atoms in total. The van der Waals surface area contributed by atoms with Gasteiger partial charge in [0.1, 0.15) is 5.82 Å². The highest BCUT2D eigenvalue weighted by molar-refractivity contribution is 9.10. The first-order valence-electron chi connectivity index (χ1n) is 6.83. The summed E-state index contributed by atoms with van der Waals surface area (Å²) in [6.45, 7) is 2.16. The van der Waals surface area contributed by atoms with Crippen molar-refractivity contribution in [3.63, 3.8) is 0 Å². The van der Waals surface area contributed by atoms with E-state index in [1.807, 2.05) is 24.4 Å². The number of pyridine rings is 1. The van der Waals surface area contributed by atoms with Crippen molar-refractivity contribution >= 4 is 38.6 Å². The quantitative estimate of drug-likeness (QED) is 0.634. The van der Waals surface area contributed by atoms with E-state index in [0.29, 0.717) is 5.88 Å². The number of nitrogens with zero attached hydrogens (tertiary/aromatic N) is 3. The lowest BCUT2D eigenvalue weighted by Crippen LogP contribution is -2.11. The van der Waals surface area contributed by atoms with Crippen molar-refractivity contribution in [2.24, 2.45) is 0 Å². The summed E-state index contributed by atoms with van der Waals surface area (Å²) in [5.74, 6) is 1.57. The second kappa shape index (κ2) is 6.16. The topological polar surface area (TPSA) is 30.7 Å². The Morgan fingerprint density at radius 2 is 2.19 bits per heavy atom. The molecule has 2 heterocycles. The van der Waals surface area contributed by atoms with Crippen molar-refractivity contribution in [3.05, 3.63) is 58.6 Å². The monoisotopic (exact) mass is 363 g/mol. The third-order valence-corrected chi connectivity index (χ3v) is 4.28. The summed E-state index contributed by atoms with van der Waals surface area (Å²) in [5, 5.41) is 0. The summed E-state index contributed by atoms with van der Waals surface area (Å²) in [7, 11) is 0. The lowest BCUT2D eigenvalue weighted by atomic mass is 10.1. The summed E-state index contributed by atoms with van der Waals surface area (Å²) in [6.07, 6.45) is 4.44. The number of hydrogen-bond donors (Lipinski definition) is 0. The fraction of sp³-hybridized carbons (Fsp3) is 0.250. The molecule has 0 N–H and O–H groups in total. The number of imidazole rings is 1. The zero-order valence-electron chi connectivity index (χ0n) is 11.6. The first-order valence-corrected chi connectivity index (χ1v) is 8.15. The summed E-state index contributed by atoms with van der Waals surface area (Å²) >= 11 is 9.48. The van der Waals surface area contributed by atoms with Crippen LogP contribution in [0.2, 0.25) is 0 Å². The van der Waals surface area contributed by atoms with E-state index >= 15 is 0 Å². The molecule has 108 valence electrons. The second-order valence-electron chi connectivity index (χ2n) is 4.93. The summed E-state index contributed by atoms with van der Waals surface area (Å²) in [6, 6.07) is 10.4. The molecule has 1 atom stereocenters. The standard InChI is InChI=1S/C16H15BrClN3/c1-11(12-3-2-8-19-10-12)21-15-9-13(17)4-5-14(15)20-16(21)6-7-18/h2-5,8-11H,6-7H2,1H3. The highest BCUT2D eigenvalue weighted by atomic mass is 79.9. The molecule has 21 heavy (non-hydrogen) atoms. The van der Waals surface area contributed by atoms with Crippen molar-refractivity contribution in [3.8, 4) is 0 Å². The maximum absolute atomic E-state index is 5.94. The molecule has 2 aromatic heterocycles. The van der Waals surface area contributed by atoms with Crippen molar-refractivity contribution < 1.29 is 0 Å². The Hall–Kier alpha value is -1.39. The van der Waals surface area contributed by atoms with Gasteiger partial charge in [-0.25, -0.2) is 4.98 Å². The summed E-state index contributed by atoms with van der Waals surface area (Å²) in [5.41, 5.74) is 3.27. The Balaban J connectivity index is 2.18. The Labute approximate surface area is 137 Å². The van der Waals surface area contributed by atoms with E-state index in [2.05, 4.69) is 44.5 Å². The summed E-state index contributed by atoms with van der Waals surface area (Å²) in [4.78, 5) is 8.95. The van der Waals surface area contributed by atoms with E-state index in [9.17, 15) is 0 Å². The zero-order valence-corrected chi connectivity index (χ0v) is 14.0. The molecule has 0 aliphatic carbocycles. The van der Waals surface area contributed by atoms with E-state index < -0.39 is 0 Å². The van der Waals surface area contributed by atoms with Crippen LogP contribution >= 0.6 is 27.5 Å². The van der Waals surface area contributed by atoms with E-state index in [-0.39, 0.29) is 6.04 Å². The van der Waals surface area contributed by atoms with Crippen LogP contribution in [0.25, 0.3) is 11.0 Å². The zero-order chi connectivity index (χ0) is 14.8. The number of alkyl halides is 1. The predicted molar refractivity (Wildman–Crippen MR) is 89.9 cm³/mol. The Kier molecular flexibility index (Phi) is 4.27. The molecule has 3 aromatic rings. The van der Waals surface area contributed by atoms with Crippen LogP contribution < -0.4 is 0 Å². The van der Waals surface area contributed by atoms with E-state index in [0.717, 1.165) is 33.3 Å². The lowest BCUT2D eigenvalue weighted by Gasteiger charge is -2.17. The molecule has 0 radical (unpaired) electrons. The fourth-order valence-corrected chi connectivity index (χ4v) is 3.10. The van der Waals surface area contributed by atoms with Crippen LogP contribution in [-0.2, 0) is 6.42 Å². The third-order valence-electron chi connectivity index (χ3n) is 3.60. The Morgan fingerprint density at radius 1 is 1.33 bits per heavy atom. The number of benzene rings is 1. The van der Waals surface area contributed by atoms with Crippen molar-refractivity contribution in [2.45, 2.75) is 19.4 Å². The molecule has 0 aliphatic rings. The number of aryl methyl sites for hydroxylation is 1. The maximum atomic E-state index is 5.94. The molecule has 0 fully saturated rings. The van der Waals surface area contributed by atoms with Gasteiger partial charge >= 0.3 is 0 Å². The Bertz CT molecular complexity index is 755. The summed E-state index contributed by atoms with van der Waals surface area (Å²) < 4.78 is 3.30. The fourth-order valence-electron chi connectivity index (χ4n) is 2.58. The molecular formula is C16H15BrClN3. The van der Waals surface area contributed by atoms with Gasteiger partial charge in [0.05, 0.1) is 17.1 Å². The van der Waals surface area contributed by atoms with Crippen LogP contribution in [0.3, 0.4) is 0 Å². The van der Waals surface area contributed by atoms with Crippen LogP contribution in [0, 0.1) is 0 Å². The number of hydrogen-bond acceptors (Lipinski definition) is 2. The molecule has 0 spiro atoms. The van der Waals surface area contributed by atoms with E-state index in [1.54, 1.807) is 6.20 Å². The van der Waals surface area contributed by atoms with Crippen LogP contribution in [0.1, 0.15) is 24.4 Å². The van der Waals surface area contributed by atoms with Gasteiger partial charge in [-0.3, -0.25) is 4.98 Å². The number of halogens is 2.